The average molecular weight is 310 g/mol. The second-order valence-corrected chi connectivity index (χ2v) is 5.55. The molecule has 0 fully saturated rings. The quantitative estimate of drug-likeness (QED) is 0.799. The molecule has 4 heteroatoms. The lowest BCUT2D eigenvalue weighted by Gasteiger charge is -2.11. The summed E-state index contributed by atoms with van der Waals surface area (Å²) in [6.45, 7) is 4.70. The van der Waals surface area contributed by atoms with Gasteiger partial charge >= 0.3 is 0 Å². The molecule has 2 nitrogen and oxygen atoms in total. The summed E-state index contributed by atoms with van der Waals surface area (Å²) >= 11 is 12.1. The summed E-state index contributed by atoms with van der Waals surface area (Å²) in [4.78, 5) is 0. The van der Waals surface area contributed by atoms with Gasteiger partial charge in [0.15, 0.2) is 0 Å². The van der Waals surface area contributed by atoms with Crippen LogP contribution >= 0.6 is 23.2 Å². The minimum Gasteiger partial charge on any atom is -0.491 e. The van der Waals surface area contributed by atoms with Crippen molar-refractivity contribution in [3.8, 4) is 5.75 Å². The predicted octanol–water partition coefficient (Wildman–Crippen LogP) is 5.39. The molecule has 0 unspecified atom stereocenters. The molecular weight excluding hydrogens is 293 g/mol. The van der Waals surface area contributed by atoms with Crippen LogP contribution in [-0.4, -0.2) is 6.10 Å². The number of anilines is 1. The third kappa shape index (κ3) is 4.06. The fraction of sp³-hybridized carbons (Fsp3) is 0.250. The van der Waals surface area contributed by atoms with E-state index < -0.39 is 0 Å². The summed E-state index contributed by atoms with van der Waals surface area (Å²) < 4.78 is 5.61. The molecule has 0 amide bonds. The number of ether oxygens (including phenoxy) is 1. The first kappa shape index (κ1) is 15.0. The van der Waals surface area contributed by atoms with E-state index in [0.717, 1.165) is 17.0 Å². The van der Waals surface area contributed by atoms with E-state index in [4.69, 9.17) is 27.9 Å². The van der Waals surface area contributed by atoms with Crippen molar-refractivity contribution in [3.05, 3.63) is 58.1 Å². The van der Waals surface area contributed by atoms with Gasteiger partial charge < -0.3 is 10.1 Å². The van der Waals surface area contributed by atoms with Gasteiger partial charge in [0.1, 0.15) is 5.75 Å². The zero-order valence-corrected chi connectivity index (χ0v) is 13.0. The van der Waals surface area contributed by atoms with Crippen molar-refractivity contribution in [3.63, 3.8) is 0 Å². The molecule has 0 saturated heterocycles. The maximum Gasteiger partial charge on any atom is 0.119 e. The van der Waals surface area contributed by atoms with Gasteiger partial charge in [0.05, 0.1) is 21.8 Å². The highest BCUT2D eigenvalue weighted by atomic mass is 35.5. The minimum atomic E-state index is 0.184. The molecule has 106 valence electrons. The van der Waals surface area contributed by atoms with Crippen LogP contribution in [0.3, 0.4) is 0 Å². The number of nitrogens with one attached hydrogen (secondary N) is 1. The van der Waals surface area contributed by atoms with Crippen LogP contribution in [0.1, 0.15) is 19.4 Å². The van der Waals surface area contributed by atoms with Crippen LogP contribution in [0.4, 0.5) is 5.69 Å². The maximum absolute atomic E-state index is 6.13. The number of benzene rings is 2. The molecule has 0 aromatic heterocycles. The lowest BCUT2D eigenvalue weighted by molar-refractivity contribution is 0.242. The van der Waals surface area contributed by atoms with Crippen molar-refractivity contribution >= 4 is 28.9 Å². The van der Waals surface area contributed by atoms with Crippen molar-refractivity contribution in [1.82, 2.24) is 0 Å². The van der Waals surface area contributed by atoms with Crippen LogP contribution in [0.5, 0.6) is 5.75 Å². The van der Waals surface area contributed by atoms with Gasteiger partial charge in [0.25, 0.3) is 0 Å². The Balaban J connectivity index is 1.99. The first-order valence-corrected chi connectivity index (χ1v) is 7.25. The van der Waals surface area contributed by atoms with E-state index in [0.29, 0.717) is 16.6 Å². The van der Waals surface area contributed by atoms with Crippen LogP contribution in [0.2, 0.25) is 10.0 Å². The van der Waals surface area contributed by atoms with Gasteiger partial charge in [-0.25, -0.2) is 0 Å². The summed E-state index contributed by atoms with van der Waals surface area (Å²) in [6.07, 6.45) is 0.184. The van der Waals surface area contributed by atoms with Gasteiger partial charge in [-0.05, 0) is 43.7 Å². The second-order valence-electron chi connectivity index (χ2n) is 4.77. The summed E-state index contributed by atoms with van der Waals surface area (Å²) in [5.74, 6) is 0.879. The normalized spacial score (nSPS) is 10.7. The molecule has 20 heavy (non-hydrogen) atoms. The van der Waals surface area contributed by atoms with Gasteiger partial charge in [0, 0.05) is 6.54 Å². The SMILES string of the molecule is CC(C)Oc1ccc(CNc2cccc(Cl)c2Cl)cc1. The van der Waals surface area contributed by atoms with Crippen molar-refractivity contribution in [2.45, 2.75) is 26.5 Å². The van der Waals surface area contributed by atoms with Gasteiger partial charge in [-0.15, -0.1) is 0 Å². The summed E-state index contributed by atoms with van der Waals surface area (Å²) in [7, 11) is 0. The Morgan fingerprint density at radius 2 is 1.75 bits per heavy atom. The van der Waals surface area contributed by atoms with Crippen LogP contribution in [-0.2, 0) is 6.54 Å². The Bertz CT molecular complexity index is 567. The molecule has 0 radical (unpaired) electrons. The lowest BCUT2D eigenvalue weighted by Crippen LogP contribution is -2.05. The standard InChI is InChI=1S/C16H17Cl2NO/c1-11(2)20-13-8-6-12(7-9-13)10-19-15-5-3-4-14(17)16(15)18/h3-9,11,19H,10H2,1-2H3. The molecule has 0 aliphatic rings. The number of halogens is 2. The third-order valence-electron chi connectivity index (χ3n) is 2.73. The highest BCUT2D eigenvalue weighted by Crippen LogP contribution is 2.29. The fourth-order valence-electron chi connectivity index (χ4n) is 1.80. The van der Waals surface area contributed by atoms with Gasteiger partial charge in [-0.2, -0.15) is 0 Å². The summed E-state index contributed by atoms with van der Waals surface area (Å²) in [6, 6.07) is 13.5. The van der Waals surface area contributed by atoms with Crippen molar-refractivity contribution in [2.75, 3.05) is 5.32 Å². The zero-order chi connectivity index (χ0) is 14.5. The third-order valence-corrected chi connectivity index (χ3v) is 3.55. The summed E-state index contributed by atoms with van der Waals surface area (Å²) in [5.41, 5.74) is 1.99. The number of rotatable bonds is 5. The molecule has 0 aliphatic heterocycles. The Kier molecular flexibility index (Phi) is 5.16. The molecule has 0 bridgehead atoms. The van der Waals surface area contributed by atoms with Gasteiger partial charge in [0.2, 0.25) is 0 Å². The van der Waals surface area contributed by atoms with E-state index in [1.165, 1.54) is 0 Å². The van der Waals surface area contributed by atoms with Crippen LogP contribution in [0.25, 0.3) is 0 Å². The minimum absolute atomic E-state index is 0.184. The van der Waals surface area contributed by atoms with Gasteiger partial charge in [-0.3, -0.25) is 0 Å². The molecule has 1 N–H and O–H groups in total. The predicted molar refractivity (Wildman–Crippen MR) is 86.0 cm³/mol. The van der Waals surface area contributed by atoms with Crippen molar-refractivity contribution in [2.24, 2.45) is 0 Å². The molecule has 2 rings (SSSR count). The van der Waals surface area contributed by atoms with Crippen molar-refractivity contribution < 1.29 is 4.74 Å². The van der Waals surface area contributed by atoms with Crippen LogP contribution < -0.4 is 10.1 Å². The molecule has 0 saturated carbocycles. The van der Waals surface area contributed by atoms with Crippen molar-refractivity contribution in [1.29, 1.82) is 0 Å². The fourth-order valence-corrected chi connectivity index (χ4v) is 2.16. The highest BCUT2D eigenvalue weighted by molar-refractivity contribution is 6.43. The Hall–Kier alpha value is -1.38. The highest BCUT2D eigenvalue weighted by Gasteiger charge is 2.04. The molecule has 0 heterocycles. The largest absolute Gasteiger partial charge is 0.491 e. The Labute approximate surface area is 129 Å². The molecule has 2 aromatic carbocycles. The molecule has 0 aliphatic carbocycles. The maximum atomic E-state index is 6.13. The van der Waals surface area contributed by atoms with E-state index in [9.17, 15) is 0 Å². The van der Waals surface area contributed by atoms with E-state index >= 15 is 0 Å². The van der Waals surface area contributed by atoms with Gasteiger partial charge in [-0.1, -0.05) is 41.4 Å². The molecule has 2 aromatic rings. The Morgan fingerprint density at radius 3 is 2.40 bits per heavy atom. The van der Waals surface area contributed by atoms with E-state index in [1.54, 1.807) is 6.07 Å². The summed E-state index contributed by atoms with van der Waals surface area (Å²) in [5, 5.41) is 4.38. The van der Waals surface area contributed by atoms with E-state index in [1.807, 2.05) is 50.2 Å². The molecular formula is C16H17Cl2NO. The lowest BCUT2D eigenvalue weighted by atomic mass is 10.2. The first-order chi connectivity index (χ1) is 9.56. The topological polar surface area (TPSA) is 21.3 Å². The number of hydrogen-bond donors (Lipinski definition) is 1. The monoisotopic (exact) mass is 309 g/mol. The zero-order valence-electron chi connectivity index (χ0n) is 11.5. The van der Waals surface area contributed by atoms with E-state index in [-0.39, 0.29) is 6.10 Å². The molecule has 0 spiro atoms. The molecule has 0 atom stereocenters. The smallest absolute Gasteiger partial charge is 0.119 e. The second kappa shape index (κ2) is 6.87. The van der Waals surface area contributed by atoms with Crippen LogP contribution in [0.15, 0.2) is 42.5 Å². The average Bonchev–Trinajstić information content (AvgIpc) is 2.41. The Morgan fingerprint density at radius 1 is 1.05 bits per heavy atom. The van der Waals surface area contributed by atoms with E-state index in [2.05, 4.69) is 5.32 Å². The van der Waals surface area contributed by atoms with Crippen LogP contribution in [0, 0.1) is 0 Å². The number of hydrogen-bond acceptors (Lipinski definition) is 2. The first-order valence-electron chi connectivity index (χ1n) is 6.49.